The highest BCUT2D eigenvalue weighted by atomic mass is 14.9. The van der Waals surface area contributed by atoms with Gasteiger partial charge in [-0.1, -0.05) is 62.4 Å². The number of pyridine rings is 1. The third-order valence-electron chi connectivity index (χ3n) is 7.36. The molecule has 158 valence electrons. The first-order chi connectivity index (χ1) is 17.0. The van der Waals surface area contributed by atoms with E-state index in [1.54, 1.807) is 20.0 Å². The molecular weight excluding hydrogens is 386 g/mol. The van der Waals surface area contributed by atoms with Gasteiger partial charge in [-0.05, 0) is 88.1 Å². The van der Waals surface area contributed by atoms with Crippen molar-refractivity contribution in [3.05, 3.63) is 99.7 Å². The Hall–Kier alpha value is -3.19. The molecule has 2 aliphatic carbocycles. The van der Waals surface area contributed by atoms with Crippen molar-refractivity contribution in [1.29, 1.82) is 0 Å². The van der Waals surface area contributed by atoms with Crippen molar-refractivity contribution < 1.29 is 10.1 Å². The number of aryl methyl sites for hydroxylation is 2. The molecule has 0 radical (unpaired) electrons. The molecule has 0 unspecified atom stereocenters. The maximum absolute atomic E-state index is 8.79. The molecule has 4 aromatic rings. The summed E-state index contributed by atoms with van der Waals surface area (Å²) in [5.41, 5.74) is 14.8. The summed E-state index contributed by atoms with van der Waals surface area (Å²) in [6.45, 7) is 3.48. The van der Waals surface area contributed by atoms with Crippen LogP contribution >= 0.6 is 0 Å². The zero-order valence-corrected chi connectivity index (χ0v) is 19.1. The lowest BCUT2D eigenvalue weighted by Gasteiger charge is -2.19. The number of hydrogen-bond donors (Lipinski definition) is 0. The first-order valence-electron chi connectivity index (χ1n) is 13.4. The summed E-state index contributed by atoms with van der Waals surface area (Å²) in [5, 5.41) is 0. The highest BCUT2D eigenvalue weighted by molar-refractivity contribution is 6.00. The monoisotopic (exact) mass is 420 g/mol. The first-order valence-corrected chi connectivity index (χ1v) is 11.4. The Kier molecular flexibility index (Phi) is 3.36. The van der Waals surface area contributed by atoms with E-state index in [1.807, 2.05) is 17.7 Å². The van der Waals surface area contributed by atoms with Gasteiger partial charge in [0.05, 0.1) is 5.56 Å². The van der Waals surface area contributed by atoms with Gasteiger partial charge in [0.1, 0.15) is 7.05 Å². The zero-order chi connectivity index (χ0) is 25.6. The van der Waals surface area contributed by atoms with Gasteiger partial charge in [0, 0.05) is 17.1 Å². The van der Waals surface area contributed by atoms with Crippen LogP contribution in [0.1, 0.15) is 64.2 Å². The summed E-state index contributed by atoms with van der Waals surface area (Å²) in [4.78, 5) is 0. The molecule has 6 rings (SSSR count). The van der Waals surface area contributed by atoms with E-state index in [2.05, 4.69) is 55.5 Å². The summed E-state index contributed by atoms with van der Waals surface area (Å²) >= 11 is 0. The van der Waals surface area contributed by atoms with Crippen LogP contribution in [-0.4, -0.2) is 0 Å². The van der Waals surface area contributed by atoms with Crippen LogP contribution < -0.4 is 4.57 Å². The standard InChI is InChI=1S/C31H30N/c1-18(2)25-16-28(32(5)17-19(25)3)29-20(4)26-14-21-10-6-8-12-23(21)30(26)31-24-13-9-7-11-22(24)15-27(29)31/h6-13,16-18H,14-15H2,1-5H3/q+1/i3D3,18D. The highest BCUT2D eigenvalue weighted by Gasteiger charge is 2.35. The molecule has 0 aliphatic heterocycles. The van der Waals surface area contributed by atoms with Crippen LogP contribution in [0.5, 0.6) is 0 Å². The number of fused-ring (bicyclic) bond motifs is 7. The van der Waals surface area contributed by atoms with Crippen LogP contribution in [0, 0.1) is 13.8 Å². The molecule has 0 amide bonds. The predicted molar refractivity (Wildman–Crippen MR) is 133 cm³/mol. The van der Waals surface area contributed by atoms with Gasteiger partial charge < -0.3 is 0 Å². The average molecular weight is 421 g/mol. The van der Waals surface area contributed by atoms with E-state index in [0.29, 0.717) is 5.56 Å². The summed E-state index contributed by atoms with van der Waals surface area (Å²) in [6.07, 6.45) is 3.47. The van der Waals surface area contributed by atoms with Crippen LogP contribution in [0.15, 0.2) is 60.8 Å². The molecule has 1 nitrogen and oxygen atoms in total. The van der Waals surface area contributed by atoms with E-state index in [-0.39, 0.29) is 5.56 Å². The Morgan fingerprint density at radius 1 is 0.875 bits per heavy atom. The van der Waals surface area contributed by atoms with Crippen LogP contribution in [0.4, 0.5) is 0 Å². The Morgan fingerprint density at radius 3 is 2.09 bits per heavy atom. The summed E-state index contributed by atoms with van der Waals surface area (Å²) in [6, 6.07) is 19.4. The number of hydrogen-bond acceptors (Lipinski definition) is 0. The van der Waals surface area contributed by atoms with Crippen molar-refractivity contribution in [3.63, 3.8) is 0 Å². The minimum atomic E-state index is -2.28. The van der Waals surface area contributed by atoms with Crippen molar-refractivity contribution in [2.75, 3.05) is 0 Å². The van der Waals surface area contributed by atoms with Crippen molar-refractivity contribution in [2.24, 2.45) is 7.05 Å². The molecule has 1 heterocycles. The van der Waals surface area contributed by atoms with Crippen molar-refractivity contribution in [3.8, 4) is 33.5 Å². The lowest BCUT2D eigenvalue weighted by Crippen LogP contribution is -2.32. The largest absolute Gasteiger partial charge is 0.213 e. The number of benzene rings is 3. The normalized spacial score (nSPS) is 15.8. The molecule has 1 aromatic heterocycles. The van der Waals surface area contributed by atoms with E-state index in [0.717, 1.165) is 18.5 Å². The van der Waals surface area contributed by atoms with Crippen molar-refractivity contribution >= 4 is 0 Å². The Balaban J connectivity index is 1.71. The van der Waals surface area contributed by atoms with Crippen molar-refractivity contribution in [1.82, 2.24) is 0 Å². The van der Waals surface area contributed by atoms with Crippen LogP contribution in [0.2, 0.25) is 0 Å². The molecule has 0 fully saturated rings. The summed E-state index contributed by atoms with van der Waals surface area (Å²) in [5.74, 6) is -1.04. The van der Waals surface area contributed by atoms with Crippen molar-refractivity contribution in [2.45, 2.75) is 46.4 Å². The molecule has 0 bridgehead atoms. The maximum Gasteiger partial charge on any atom is 0.213 e. The van der Waals surface area contributed by atoms with E-state index < -0.39 is 12.7 Å². The Morgan fingerprint density at radius 2 is 1.47 bits per heavy atom. The molecule has 0 spiro atoms. The molecule has 0 N–H and O–H groups in total. The minimum Gasteiger partial charge on any atom is -0.201 e. The quantitative estimate of drug-likeness (QED) is 0.264. The summed E-state index contributed by atoms with van der Waals surface area (Å²) < 4.78 is 35.1. The summed E-state index contributed by atoms with van der Waals surface area (Å²) in [7, 11) is 1.93. The molecule has 0 saturated heterocycles. The fourth-order valence-corrected chi connectivity index (χ4v) is 5.86. The second-order valence-corrected chi connectivity index (χ2v) is 9.47. The lowest BCUT2D eigenvalue weighted by molar-refractivity contribution is -0.660. The Labute approximate surface area is 197 Å². The van der Waals surface area contributed by atoms with Gasteiger partial charge in [-0.25, -0.2) is 4.57 Å². The second-order valence-electron chi connectivity index (χ2n) is 9.47. The minimum absolute atomic E-state index is 0.250. The highest BCUT2D eigenvalue weighted by Crippen LogP contribution is 2.53. The topological polar surface area (TPSA) is 3.88 Å². The van der Waals surface area contributed by atoms with Gasteiger partial charge in [0.25, 0.3) is 0 Å². The fraction of sp³-hybridized carbons (Fsp3) is 0.258. The third kappa shape index (κ3) is 2.60. The predicted octanol–water partition coefficient (Wildman–Crippen LogP) is 7.06. The smallest absolute Gasteiger partial charge is 0.201 e. The third-order valence-corrected chi connectivity index (χ3v) is 7.36. The molecule has 2 aliphatic rings. The lowest BCUT2D eigenvalue weighted by atomic mass is 9.84. The SMILES string of the molecule is [2H]C([2H])([2H])c1c[n+](C)c(-c2c(C)c3c(c4c2Cc2ccccc2-4)-c2ccccc2C3)cc1C([2H])(C)C. The average Bonchev–Trinajstić information content (AvgIpc) is 3.37. The van der Waals surface area contributed by atoms with Gasteiger partial charge in [-0.15, -0.1) is 0 Å². The zero-order valence-electron chi connectivity index (χ0n) is 23.1. The Bertz CT molecular complexity index is 1570. The number of rotatable bonds is 2. The van der Waals surface area contributed by atoms with E-state index in [9.17, 15) is 0 Å². The van der Waals surface area contributed by atoms with Gasteiger partial charge in [-0.2, -0.15) is 0 Å². The molecule has 0 saturated carbocycles. The molecule has 1 heteroatoms. The maximum atomic E-state index is 8.79. The van der Waals surface area contributed by atoms with E-state index in [1.165, 1.54) is 55.6 Å². The van der Waals surface area contributed by atoms with E-state index in [4.69, 9.17) is 5.48 Å². The fourth-order valence-electron chi connectivity index (χ4n) is 5.86. The number of aromatic nitrogens is 1. The molecule has 3 aromatic carbocycles. The van der Waals surface area contributed by atoms with Gasteiger partial charge in [0.15, 0.2) is 6.20 Å². The van der Waals surface area contributed by atoms with Crippen LogP contribution in [0.3, 0.4) is 0 Å². The van der Waals surface area contributed by atoms with E-state index >= 15 is 0 Å². The molecule has 32 heavy (non-hydrogen) atoms. The van der Waals surface area contributed by atoms with Gasteiger partial charge in [-0.3, -0.25) is 0 Å². The first kappa shape index (κ1) is 15.6. The van der Waals surface area contributed by atoms with Gasteiger partial charge >= 0.3 is 0 Å². The molecular formula is C31H30N+. The molecule has 0 atom stereocenters. The second kappa shape index (κ2) is 6.90. The number of nitrogens with zero attached hydrogens (tertiary/aromatic N) is 1. The van der Waals surface area contributed by atoms with Crippen LogP contribution in [-0.2, 0) is 19.9 Å². The van der Waals surface area contributed by atoms with Crippen LogP contribution in [0.25, 0.3) is 33.5 Å². The van der Waals surface area contributed by atoms with Gasteiger partial charge in [0.2, 0.25) is 5.69 Å².